The third-order valence-corrected chi connectivity index (χ3v) is 3.76. The highest BCUT2D eigenvalue weighted by Crippen LogP contribution is 2.16. The minimum absolute atomic E-state index is 0.0558. The van der Waals surface area contributed by atoms with Gasteiger partial charge >= 0.3 is 0 Å². The average molecular weight is 256 g/mol. The van der Waals surface area contributed by atoms with Crippen molar-refractivity contribution in [1.82, 2.24) is 4.72 Å². The summed E-state index contributed by atoms with van der Waals surface area (Å²) in [6.07, 6.45) is 0. The number of halogens is 1. The molecule has 0 bridgehead atoms. The molecule has 0 unspecified atom stereocenters. The molecule has 0 saturated heterocycles. The lowest BCUT2D eigenvalue weighted by molar-refractivity contribution is 0.535. The van der Waals surface area contributed by atoms with Crippen molar-refractivity contribution in [3.8, 4) is 6.07 Å². The van der Waals surface area contributed by atoms with Crippen LogP contribution in [0.3, 0.4) is 0 Å². The van der Waals surface area contributed by atoms with E-state index in [1.807, 2.05) is 6.07 Å². The maximum atomic E-state index is 13.0. The summed E-state index contributed by atoms with van der Waals surface area (Å²) in [4.78, 5) is -0.0558. The molecule has 0 aliphatic carbocycles. The van der Waals surface area contributed by atoms with Crippen LogP contribution in [0, 0.1) is 24.1 Å². The first-order valence-corrected chi connectivity index (χ1v) is 6.38. The van der Waals surface area contributed by atoms with Crippen LogP contribution in [-0.4, -0.2) is 14.0 Å². The van der Waals surface area contributed by atoms with Crippen molar-refractivity contribution >= 4 is 10.0 Å². The third-order valence-electron chi connectivity index (χ3n) is 2.11. The number of nitrogens with zero attached hydrogens (tertiary/aromatic N) is 1. The minimum atomic E-state index is -3.81. The van der Waals surface area contributed by atoms with Crippen molar-refractivity contribution in [2.24, 2.45) is 0 Å². The standard InChI is InChI=1S/C11H13FN2O2S/c1-8-6-9(4-5-10(8)12)17(15,16)14-11(2,3)7-13/h4-6,14H,1-3H3. The Morgan fingerprint density at radius 1 is 1.41 bits per heavy atom. The predicted molar refractivity (Wildman–Crippen MR) is 61.2 cm³/mol. The van der Waals surface area contributed by atoms with Crippen molar-refractivity contribution < 1.29 is 12.8 Å². The molecule has 1 aromatic rings. The smallest absolute Gasteiger partial charge is 0.207 e. The van der Waals surface area contributed by atoms with Gasteiger partial charge in [0.25, 0.3) is 0 Å². The highest BCUT2D eigenvalue weighted by atomic mass is 32.2. The highest BCUT2D eigenvalue weighted by molar-refractivity contribution is 7.89. The number of sulfonamides is 1. The molecule has 92 valence electrons. The number of hydrogen-bond acceptors (Lipinski definition) is 3. The lowest BCUT2D eigenvalue weighted by Crippen LogP contribution is -2.41. The molecule has 0 aliphatic rings. The fraction of sp³-hybridized carbons (Fsp3) is 0.364. The van der Waals surface area contributed by atoms with Crippen LogP contribution >= 0.6 is 0 Å². The van der Waals surface area contributed by atoms with E-state index in [0.29, 0.717) is 0 Å². The molecule has 6 heteroatoms. The Morgan fingerprint density at radius 2 is 2.00 bits per heavy atom. The second kappa shape index (κ2) is 4.43. The van der Waals surface area contributed by atoms with E-state index in [1.54, 1.807) is 0 Å². The first kappa shape index (κ1) is 13.6. The van der Waals surface area contributed by atoms with Gasteiger partial charge in [-0.15, -0.1) is 0 Å². The molecule has 1 aromatic carbocycles. The van der Waals surface area contributed by atoms with E-state index < -0.39 is 21.4 Å². The monoisotopic (exact) mass is 256 g/mol. The Bertz CT molecular complexity index is 574. The lowest BCUT2D eigenvalue weighted by Gasteiger charge is -2.17. The average Bonchev–Trinajstić information content (AvgIpc) is 2.20. The molecule has 0 spiro atoms. The molecular formula is C11H13FN2O2S. The molecule has 1 N–H and O–H groups in total. The molecule has 0 radical (unpaired) electrons. The van der Waals surface area contributed by atoms with Gasteiger partial charge in [0.2, 0.25) is 10.0 Å². The fourth-order valence-corrected chi connectivity index (χ4v) is 2.62. The van der Waals surface area contributed by atoms with Crippen LogP contribution in [0.2, 0.25) is 0 Å². The molecule has 0 amide bonds. The molecule has 0 atom stereocenters. The summed E-state index contributed by atoms with van der Waals surface area (Å²) in [6.45, 7) is 4.37. The van der Waals surface area contributed by atoms with Gasteiger partial charge in [0, 0.05) is 0 Å². The highest BCUT2D eigenvalue weighted by Gasteiger charge is 2.26. The number of nitrogens with one attached hydrogen (secondary N) is 1. The summed E-state index contributed by atoms with van der Waals surface area (Å²) < 4.78 is 39.0. The molecule has 0 saturated carbocycles. The Labute approximate surface area is 100 Å². The van der Waals surface area contributed by atoms with Gasteiger partial charge in [0.1, 0.15) is 11.4 Å². The molecular weight excluding hydrogens is 243 g/mol. The number of aryl methyl sites for hydroxylation is 1. The van der Waals surface area contributed by atoms with Gasteiger partial charge in [-0.05, 0) is 44.5 Å². The SMILES string of the molecule is Cc1cc(S(=O)(=O)NC(C)(C)C#N)ccc1F. The third kappa shape index (κ3) is 3.25. The Kier molecular flexibility index (Phi) is 3.55. The van der Waals surface area contributed by atoms with Crippen LogP contribution in [0.4, 0.5) is 4.39 Å². The van der Waals surface area contributed by atoms with Gasteiger partial charge in [-0.25, -0.2) is 12.8 Å². The van der Waals surface area contributed by atoms with Gasteiger partial charge in [0.05, 0.1) is 11.0 Å². The van der Waals surface area contributed by atoms with Crippen LogP contribution in [0.1, 0.15) is 19.4 Å². The van der Waals surface area contributed by atoms with Crippen LogP contribution in [0.15, 0.2) is 23.1 Å². The number of rotatable bonds is 3. The maximum absolute atomic E-state index is 13.0. The van der Waals surface area contributed by atoms with E-state index in [-0.39, 0.29) is 10.5 Å². The molecule has 0 aliphatic heterocycles. The van der Waals surface area contributed by atoms with Gasteiger partial charge in [-0.3, -0.25) is 0 Å². The van der Waals surface area contributed by atoms with E-state index in [0.717, 1.165) is 12.1 Å². The molecule has 17 heavy (non-hydrogen) atoms. The molecule has 0 fully saturated rings. The van der Waals surface area contributed by atoms with E-state index in [1.165, 1.54) is 26.8 Å². The summed E-state index contributed by atoms with van der Waals surface area (Å²) in [5.41, 5.74) is -0.969. The summed E-state index contributed by atoms with van der Waals surface area (Å²) in [7, 11) is -3.81. The number of hydrogen-bond donors (Lipinski definition) is 1. The normalized spacial score (nSPS) is 12.2. The minimum Gasteiger partial charge on any atom is -0.207 e. The first-order chi connectivity index (χ1) is 7.68. The van der Waals surface area contributed by atoms with E-state index >= 15 is 0 Å². The first-order valence-electron chi connectivity index (χ1n) is 4.89. The second-order valence-corrected chi connectivity index (χ2v) is 5.94. The van der Waals surface area contributed by atoms with Crippen molar-refractivity contribution in [3.05, 3.63) is 29.6 Å². The van der Waals surface area contributed by atoms with E-state index in [4.69, 9.17) is 5.26 Å². The van der Waals surface area contributed by atoms with E-state index in [2.05, 4.69) is 4.72 Å². The topological polar surface area (TPSA) is 70.0 Å². The van der Waals surface area contributed by atoms with Crippen LogP contribution < -0.4 is 4.72 Å². The molecule has 1 rings (SSSR count). The van der Waals surface area contributed by atoms with Gasteiger partial charge in [-0.2, -0.15) is 9.98 Å². The van der Waals surface area contributed by atoms with Crippen molar-refractivity contribution in [2.75, 3.05) is 0 Å². The Morgan fingerprint density at radius 3 is 2.47 bits per heavy atom. The zero-order chi connectivity index (χ0) is 13.3. The largest absolute Gasteiger partial charge is 0.241 e. The number of nitriles is 1. The second-order valence-electron chi connectivity index (χ2n) is 4.25. The van der Waals surface area contributed by atoms with Crippen LogP contribution in [0.5, 0.6) is 0 Å². The lowest BCUT2D eigenvalue weighted by atomic mass is 10.1. The van der Waals surface area contributed by atoms with Gasteiger partial charge in [-0.1, -0.05) is 0 Å². The molecule has 4 nitrogen and oxygen atoms in total. The summed E-state index contributed by atoms with van der Waals surface area (Å²) in [6, 6.07) is 5.31. The van der Waals surface area contributed by atoms with Crippen molar-refractivity contribution in [1.29, 1.82) is 5.26 Å². The number of benzene rings is 1. The van der Waals surface area contributed by atoms with Gasteiger partial charge in [0.15, 0.2) is 0 Å². The van der Waals surface area contributed by atoms with Crippen molar-refractivity contribution in [2.45, 2.75) is 31.2 Å². The summed E-state index contributed by atoms with van der Waals surface area (Å²) in [5, 5.41) is 8.77. The van der Waals surface area contributed by atoms with Crippen LogP contribution in [0.25, 0.3) is 0 Å². The van der Waals surface area contributed by atoms with Crippen molar-refractivity contribution in [3.63, 3.8) is 0 Å². The quantitative estimate of drug-likeness (QED) is 0.895. The zero-order valence-corrected chi connectivity index (χ0v) is 10.6. The van der Waals surface area contributed by atoms with Gasteiger partial charge < -0.3 is 0 Å². The fourth-order valence-electron chi connectivity index (χ4n) is 1.20. The maximum Gasteiger partial charge on any atom is 0.241 e. The summed E-state index contributed by atoms with van der Waals surface area (Å²) in [5.74, 6) is -0.469. The molecule has 0 heterocycles. The Hall–Kier alpha value is -1.45. The predicted octanol–water partition coefficient (Wildman–Crippen LogP) is 1.71. The van der Waals surface area contributed by atoms with E-state index in [9.17, 15) is 12.8 Å². The Balaban J connectivity index is 3.16. The zero-order valence-electron chi connectivity index (χ0n) is 9.78. The molecule has 0 aromatic heterocycles. The van der Waals surface area contributed by atoms with Crippen LogP contribution in [-0.2, 0) is 10.0 Å². The summed E-state index contributed by atoms with van der Waals surface area (Å²) >= 11 is 0.